The van der Waals surface area contributed by atoms with Crippen molar-refractivity contribution in [1.29, 1.82) is 0 Å². The highest BCUT2D eigenvalue weighted by molar-refractivity contribution is 7.18. The Balaban J connectivity index is 1.67. The number of thiophene rings is 1. The molecule has 0 amide bonds. The second kappa shape index (κ2) is 6.96. The van der Waals surface area contributed by atoms with E-state index in [1.165, 1.54) is 15.9 Å². The van der Waals surface area contributed by atoms with Gasteiger partial charge in [0.15, 0.2) is 0 Å². The van der Waals surface area contributed by atoms with E-state index < -0.39 is 11.3 Å². The van der Waals surface area contributed by atoms with Gasteiger partial charge in [-0.25, -0.2) is 9.36 Å². The Hall–Kier alpha value is -2.64. The molecule has 3 aromatic heterocycles. The Kier molecular flexibility index (Phi) is 4.48. The quantitative estimate of drug-likeness (QED) is 0.493. The molecule has 1 aliphatic carbocycles. The molecule has 3 heterocycles. The number of nitrogens with one attached hydrogen (secondary N) is 1. The summed E-state index contributed by atoms with van der Waals surface area (Å²) in [6.07, 6.45) is 7.20. The minimum Gasteiger partial charge on any atom is -0.389 e. The topological polar surface area (TPSA) is 80.0 Å². The van der Waals surface area contributed by atoms with Gasteiger partial charge in [-0.3, -0.25) is 9.78 Å². The maximum Gasteiger partial charge on any atom is 0.334 e. The van der Waals surface area contributed by atoms with Crippen LogP contribution in [0.5, 0.6) is 0 Å². The van der Waals surface area contributed by atoms with Crippen LogP contribution in [-0.4, -0.2) is 24.8 Å². The van der Waals surface area contributed by atoms with Crippen LogP contribution < -0.4 is 11.2 Å². The molecule has 0 spiro atoms. The molecule has 0 fully saturated rings. The van der Waals surface area contributed by atoms with Gasteiger partial charge in [-0.1, -0.05) is 6.42 Å². The lowest BCUT2D eigenvalue weighted by Gasteiger charge is -2.18. The molecule has 0 aliphatic heterocycles. The number of H-pyrrole nitrogens is 1. The van der Waals surface area contributed by atoms with Crippen LogP contribution in [0, 0.1) is 0 Å². The number of fused-ring (bicyclic) bond motifs is 4. The number of nitrogens with zero attached hydrogens (tertiary/aromatic N) is 2. The third kappa shape index (κ3) is 3.22. The Labute approximate surface area is 177 Å². The fraction of sp³-hybridized carbons (Fsp3) is 0.391. The number of hydrogen-bond acceptors (Lipinski definition) is 4. The lowest BCUT2D eigenvalue weighted by atomic mass is 10.1. The Morgan fingerprint density at radius 2 is 1.93 bits per heavy atom. The van der Waals surface area contributed by atoms with E-state index in [1.807, 2.05) is 29.0 Å². The van der Waals surface area contributed by atoms with Crippen LogP contribution >= 0.6 is 11.3 Å². The molecular weight excluding hydrogens is 398 g/mol. The predicted molar refractivity (Wildman–Crippen MR) is 121 cm³/mol. The monoisotopic (exact) mass is 423 g/mol. The molecule has 0 unspecified atom stereocenters. The lowest BCUT2D eigenvalue weighted by molar-refractivity contribution is 0.0628. The van der Waals surface area contributed by atoms with E-state index in [2.05, 4.69) is 4.98 Å². The second-order valence-electron chi connectivity index (χ2n) is 8.84. The molecule has 0 radical (unpaired) electrons. The first-order chi connectivity index (χ1) is 14.3. The summed E-state index contributed by atoms with van der Waals surface area (Å²) in [7, 11) is 0. The molecule has 4 aromatic rings. The third-order valence-electron chi connectivity index (χ3n) is 5.83. The maximum absolute atomic E-state index is 13.4. The highest BCUT2D eigenvalue weighted by Crippen LogP contribution is 2.32. The zero-order chi connectivity index (χ0) is 21.0. The molecule has 156 valence electrons. The highest BCUT2D eigenvalue weighted by atomic mass is 32.1. The van der Waals surface area contributed by atoms with Crippen LogP contribution in [0.2, 0.25) is 0 Å². The van der Waals surface area contributed by atoms with E-state index in [0.29, 0.717) is 22.4 Å². The van der Waals surface area contributed by atoms with Crippen LogP contribution in [0.4, 0.5) is 0 Å². The molecule has 5 rings (SSSR count). The van der Waals surface area contributed by atoms with Crippen molar-refractivity contribution in [3.05, 3.63) is 61.7 Å². The largest absolute Gasteiger partial charge is 0.389 e. The van der Waals surface area contributed by atoms with Crippen molar-refractivity contribution < 1.29 is 5.11 Å². The summed E-state index contributed by atoms with van der Waals surface area (Å²) in [5, 5.41) is 11.7. The van der Waals surface area contributed by atoms with Crippen molar-refractivity contribution in [2.24, 2.45) is 0 Å². The SMILES string of the molecule is CC(C)(O)Cn1ccc2cc(-n3c(=O)[nH]c4sc5c(c4c3=O)CCCCC5)ccc21. The summed E-state index contributed by atoms with van der Waals surface area (Å²) >= 11 is 1.56. The molecule has 0 atom stereocenters. The van der Waals surface area contributed by atoms with E-state index in [9.17, 15) is 14.7 Å². The number of benzene rings is 1. The zero-order valence-corrected chi connectivity index (χ0v) is 18.0. The van der Waals surface area contributed by atoms with Gasteiger partial charge in [0.1, 0.15) is 4.83 Å². The van der Waals surface area contributed by atoms with Gasteiger partial charge in [-0.15, -0.1) is 11.3 Å². The molecule has 0 saturated carbocycles. The van der Waals surface area contributed by atoms with E-state index in [0.717, 1.165) is 42.1 Å². The number of rotatable bonds is 3. The molecule has 30 heavy (non-hydrogen) atoms. The van der Waals surface area contributed by atoms with E-state index >= 15 is 0 Å². The smallest absolute Gasteiger partial charge is 0.334 e. The molecular formula is C23H25N3O3S. The van der Waals surface area contributed by atoms with Crippen LogP contribution in [0.15, 0.2) is 40.1 Å². The first kappa shape index (κ1) is 19.3. The summed E-state index contributed by atoms with van der Waals surface area (Å²) in [5.41, 5.74) is 1.17. The van der Waals surface area contributed by atoms with E-state index in [-0.39, 0.29) is 5.56 Å². The Bertz CT molecular complexity index is 1380. The standard InChI is InChI=1S/C23H25N3O3S/c1-23(2,29)13-25-11-10-14-12-15(8-9-17(14)25)26-21(27)19-16-6-4-3-5-7-18(16)30-20(19)24-22(26)28/h8-12,29H,3-7,13H2,1-2H3,(H,24,28). The van der Waals surface area contributed by atoms with Gasteiger partial charge in [-0.05, 0) is 69.4 Å². The Morgan fingerprint density at radius 1 is 1.13 bits per heavy atom. The summed E-state index contributed by atoms with van der Waals surface area (Å²) in [6, 6.07) is 7.51. The third-order valence-corrected chi connectivity index (χ3v) is 7.04. The van der Waals surface area contributed by atoms with Crippen molar-refractivity contribution in [3.63, 3.8) is 0 Å². The highest BCUT2D eigenvalue weighted by Gasteiger charge is 2.21. The summed E-state index contributed by atoms with van der Waals surface area (Å²) < 4.78 is 3.24. The number of aromatic amines is 1. The van der Waals surface area contributed by atoms with Gasteiger partial charge in [0.25, 0.3) is 5.56 Å². The first-order valence-electron chi connectivity index (χ1n) is 10.4. The number of hydrogen-bond donors (Lipinski definition) is 2. The second-order valence-corrected chi connectivity index (χ2v) is 9.94. The van der Waals surface area contributed by atoms with Gasteiger partial charge in [0.2, 0.25) is 0 Å². The normalized spacial score (nSPS) is 14.9. The molecule has 0 saturated heterocycles. The van der Waals surface area contributed by atoms with Gasteiger partial charge in [-0.2, -0.15) is 0 Å². The van der Waals surface area contributed by atoms with Crippen LogP contribution in [0.3, 0.4) is 0 Å². The molecule has 6 nitrogen and oxygen atoms in total. The van der Waals surface area contributed by atoms with Crippen LogP contribution in [0.25, 0.3) is 26.8 Å². The van der Waals surface area contributed by atoms with Crippen LogP contribution in [-0.2, 0) is 19.4 Å². The number of aromatic nitrogens is 3. The van der Waals surface area contributed by atoms with E-state index in [1.54, 1.807) is 31.3 Å². The summed E-state index contributed by atoms with van der Waals surface area (Å²) in [6.45, 7) is 4.00. The maximum atomic E-state index is 13.4. The first-order valence-corrected chi connectivity index (χ1v) is 11.2. The van der Waals surface area contributed by atoms with E-state index in [4.69, 9.17) is 0 Å². The fourth-order valence-electron chi connectivity index (χ4n) is 4.53. The predicted octanol–water partition coefficient (Wildman–Crippen LogP) is 3.74. The molecule has 1 aromatic carbocycles. The number of aryl methyl sites for hydroxylation is 2. The minimum absolute atomic E-state index is 0.233. The molecule has 1 aliphatic rings. The van der Waals surface area contributed by atoms with Crippen molar-refractivity contribution in [3.8, 4) is 5.69 Å². The molecule has 7 heteroatoms. The van der Waals surface area contributed by atoms with Crippen molar-refractivity contribution in [2.45, 2.75) is 58.1 Å². The lowest BCUT2D eigenvalue weighted by Crippen LogP contribution is -2.33. The van der Waals surface area contributed by atoms with Crippen molar-refractivity contribution in [1.82, 2.24) is 14.1 Å². The zero-order valence-electron chi connectivity index (χ0n) is 17.2. The summed E-state index contributed by atoms with van der Waals surface area (Å²) in [4.78, 5) is 31.2. The Morgan fingerprint density at radius 3 is 2.73 bits per heavy atom. The fourth-order valence-corrected chi connectivity index (χ4v) is 5.80. The van der Waals surface area contributed by atoms with Crippen molar-refractivity contribution >= 4 is 32.5 Å². The van der Waals surface area contributed by atoms with Crippen molar-refractivity contribution in [2.75, 3.05) is 0 Å². The average molecular weight is 424 g/mol. The minimum atomic E-state index is -0.833. The van der Waals surface area contributed by atoms with Gasteiger partial charge in [0.05, 0.1) is 23.2 Å². The average Bonchev–Trinajstić information content (AvgIpc) is 3.13. The molecule has 0 bridgehead atoms. The van der Waals surface area contributed by atoms with Gasteiger partial charge < -0.3 is 9.67 Å². The van der Waals surface area contributed by atoms with Crippen LogP contribution in [0.1, 0.15) is 43.6 Å². The molecule has 2 N–H and O–H groups in total. The van der Waals surface area contributed by atoms with Gasteiger partial charge >= 0.3 is 5.69 Å². The summed E-state index contributed by atoms with van der Waals surface area (Å²) in [5.74, 6) is 0. The van der Waals surface area contributed by atoms with Gasteiger partial charge in [0, 0.05) is 22.0 Å². The number of aliphatic hydroxyl groups is 1.